The summed E-state index contributed by atoms with van der Waals surface area (Å²) in [4.78, 5) is 16.0. The molecule has 0 aliphatic rings. The fraction of sp³-hybridized carbons (Fsp3) is 0.538. The minimum Gasteiger partial charge on any atom is -0.352 e. The van der Waals surface area contributed by atoms with E-state index in [1.54, 1.807) is 12.3 Å². The molecule has 0 fully saturated rings. The van der Waals surface area contributed by atoms with Crippen LogP contribution >= 0.6 is 0 Å². The molecule has 5 heteroatoms. The maximum atomic E-state index is 11.9. The van der Waals surface area contributed by atoms with Gasteiger partial charge in [0.15, 0.2) is 0 Å². The smallest absolute Gasteiger partial charge is 0.255 e. The molecule has 18 heavy (non-hydrogen) atoms. The molecule has 1 amide bonds. The SMILES string of the molecule is CCCCCCNC(=O)c1cnc(C)cc1NN. The Balaban J connectivity index is 2.51. The zero-order valence-corrected chi connectivity index (χ0v) is 11.1. The monoisotopic (exact) mass is 250 g/mol. The van der Waals surface area contributed by atoms with Gasteiger partial charge in [0.2, 0.25) is 0 Å². The van der Waals surface area contributed by atoms with Crippen molar-refractivity contribution in [2.75, 3.05) is 12.0 Å². The van der Waals surface area contributed by atoms with Crippen LogP contribution in [0.2, 0.25) is 0 Å². The molecule has 1 aromatic heterocycles. The van der Waals surface area contributed by atoms with Crippen LogP contribution in [-0.2, 0) is 0 Å². The highest BCUT2D eigenvalue weighted by atomic mass is 16.1. The normalized spacial score (nSPS) is 10.2. The molecule has 0 atom stereocenters. The molecule has 4 N–H and O–H groups in total. The molecule has 0 radical (unpaired) electrons. The molecule has 5 nitrogen and oxygen atoms in total. The van der Waals surface area contributed by atoms with E-state index in [9.17, 15) is 4.79 Å². The van der Waals surface area contributed by atoms with Crippen molar-refractivity contribution < 1.29 is 4.79 Å². The molecular formula is C13H22N4O. The van der Waals surface area contributed by atoms with E-state index < -0.39 is 0 Å². The van der Waals surface area contributed by atoms with Gasteiger partial charge in [0, 0.05) is 18.4 Å². The number of aryl methyl sites for hydroxylation is 1. The highest BCUT2D eigenvalue weighted by molar-refractivity contribution is 5.99. The van der Waals surface area contributed by atoms with E-state index in [-0.39, 0.29) is 5.91 Å². The molecule has 1 heterocycles. The Bertz CT molecular complexity index is 393. The van der Waals surface area contributed by atoms with Crippen LogP contribution in [0.3, 0.4) is 0 Å². The largest absolute Gasteiger partial charge is 0.352 e. The molecule has 0 saturated carbocycles. The van der Waals surface area contributed by atoms with Crippen LogP contribution in [0, 0.1) is 6.92 Å². The van der Waals surface area contributed by atoms with Crippen molar-refractivity contribution in [1.82, 2.24) is 10.3 Å². The quantitative estimate of drug-likeness (QED) is 0.393. The number of hydrazine groups is 1. The Kier molecular flexibility index (Phi) is 6.14. The number of nitrogens with one attached hydrogen (secondary N) is 2. The number of carbonyl (C=O) groups excluding carboxylic acids is 1. The highest BCUT2D eigenvalue weighted by Crippen LogP contribution is 2.14. The summed E-state index contributed by atoms with van der Waals surface area (Å²) in [5.41, 5.74) is 4.44. The number of nitrogens with two attached hydrogens (primary N) is 1. The van der Waals surface area contributed by atoms with E-state index in [0.717, 1.165) is 18.5 Å². The third-order valence-electron chi connectivity index (χ3n) is 2.76. The van der Waals surface area contributed by atoms with Gasteiger partial charge in [-0.3, -0.25) is 15.6 Å². The lowest BCUT2D eigenvalue weighted by molar-refractivity contribution is 0.0953. The van der Waals surface area contributed by atoms with Gasteiger partial charge in [-0.2, -0.15) is 0 Å². The number of aromatic nitrogens is 1. The van der Waals surface area contributed by atoms with Gasteiger partial charge in [-0.1, -0.05) is 26.2 Å². The Morgan fingerprint density at radius 2 is 2.17 bits per heavy atom. The Morgan fingerprint density at radius 3 is 2.83 bits per heavy atom. The van der Waals surface area contributed by atoms with Crippen LogP contribution in [0.5, 0.6) is 0 Å². The second-order valence-corrected chi connectivity index (χ2v) is 4.33. The summed E-state index contributed by atoms with van der Waals surface area (Å²) < 4.78 is 0. The Morgan fingerprint density at radius 1 is 1.39 bits per heavy atom. The zero-order valence-electron chi connectivity index (χ0n) is 11.1. The van der Waals surface area contributed by atoms with Crippen LogP contribution < -0.4 is 16.6 Å². The number of hydrogen-bond acceptors (Lipinski definition) is 4. The van der Waals surface area contributed by atoms with Crippen LogP contribution in [0.25, 0.3) is 0 Å². The molecule has 100 valence electrons. The minimum absolute atomic E-state index is 0.132. The average molecular weight is 250 g/mol. The predicted molar refractivity (Wildman–Crippen MR) is 73.3 cm³/mol. The fourth-order valence-corrected chi connectivity index (χ4v) is 1.71. The van der Waals surface area contributed by atoms with Crippen molar-refractivity contribution in [2.45, 2.75) is 39.5 Å². The minimum atomic E-state index is -0.132. The number of amides is 1. The number of nitrogen functional groups attached to an aromatic ring is 1. The van der Waals surface area contributed by atoms with Gasteiger partial charge < -0.3 is 10.7 Å². The Labute approximate surface area is 108 Å². The topological polar surface area (TPSA) is 80.0 Å². The van der Waals surface area contributed by atoms with Gasteiger partial charge in [-0.15, -0.1) is 0 Å². The molecule has 0 aliphatic heterocycles. The van der Waals surface area contributed by atoms with Gasteiger partial charge in [0.1, 0.15) is 0 Å². The van der Waals surface area contributed by atoms with E-state index in [4.69, 9.17) is 5.84 Å². The number of rotatable bonds is 7. The van der Waals surface area contributed by atoms with Crippen LogP contribution in [0.4, 0.5) is 5.69 Å². The fourth-order valence-electron chi connectivity index (χ4n) is 1.71. The van der Waals surface area contributed by atoms with Gasteiger partial charge in [0.25, 0.3) is 5.91 Å². The van der Waals surface area contributed by atoms with Crippen LogP contribution in [-0.4, -0.2) is 17.4 Å². The third kappa shape index (κ3) is 4.33. The number of anilines is 1. The molecule has 0 saturated heterocycles. The second-order valence-electron chi connectivity index (χ2n) is 4.33. The first-order valence-electron chi connectivity index (χ1n) is 6.40. The molecule has 0 bridgehead atoms. The summed E-state index contributed by atoms with van der Waals surface area (Å²) in [6.45, 7) is 4.71. The number of carbonyl (C=O) groups is 1. The molecular weight excluding hydrogens is 228 g/mol. The third-order valence-corrected chi connectivity index (χ3v) is 2.76. The van der Waals surface area contributed by atoms with Crippen LogP contribution in [0.15, 0.2) is 12.3 Å². The van der Waals surface area contributed by atoms with Gasteiger partial charge in [-0.25, -0.2) is 0 Å². The average Bonchev–Trinajstić information content (AvgIpc) is 2.38. The molecule has 0 unspecified atom stereocenters. The lowest BCUT2D eigenvalue weighted by atomic mass is 10.2. The van der Waals surface area contributed by atoms with Gasteiger partial charge >= 0.3 is 0 Å². The predicted octanol–water partition coefficient (Wildman–Crippen LogP) is 1.99. The molecule has 0 aromatic carbocycles. The van der Waals surface area contributed by atoms with Crippen molar-refractivity contribution in [3.63, 3.8) is 0 Å². The number of unbranched alkanes of at least 4 members (excludes halogenated alkanes) is 3. The molecule has 1 aromatic rings. The Hall–Kier alpha value is -1.62. The highest BCUT2D eigenvalue weighted by Gasteiger charge is 2.10. The molecule has 0 spiro atoms. The number of nitrogens with zero attached hydrogens (tertiary/aromatic N) is 1. The summed E-state index contributed by atoms with van der Waals surface area (Å²) in [6, 6.07) is 1.76. The maximum absolute atomic E-state index is 11.9. The van der Waals surface area contributed by atoms with Crippen LogP contribution in [0.1, 0.15) is 48.7 Å². The second kappa shape index (κ2) is 7.66. The van der Waals surface area contributed by atoms with E-state index in [1.807, 2.05) is 6.92 Å². The van der Waals surface area contributed by atoms with E-state index in [0.29, 0.717) is 17.8 Å². The summed E-state index contributed by atoms with van der Waals surface area (Å²) in [5.74, 6) is 5.26. The maximum Gasteiger partial charge on any atom is 0.255 e. The van der Waals surface area contributed by atoms with Crippen molar-refractivity contribution >= 4 is 11.6 Å². The summed E-state index contributed by atoms with van der Waals surface area (Å²) >= 11 is 0. The van der Waals surface area contributed by atoms with Crippen molar-refractivity contribution in [2.24, 2.45) is 5.84 Å². The molecule has 0 aliphatic carbocycles. The first kappa shape index (κ1) is 14.4. The van der Waals surface area contributed by atoms with E-state index in [1.165, 1.54) is 12.8 Å². The standard InChI is InChI=1S/C13H22N4O/c1-3-4-5-6-7-15-13(18)11-9-16-10(2)8-12(11)17-14/h8-9H,3-7,14H2,1-2H3,(H,15,18)(H,16,17). The van der Waals surface area contributed by atoms with E-state index in [2.05, 4.69) is 22.7 Å². The van der Waals surface area contributed by atoms with Gasteiger partial charge in [0.05, 0.1) is 11.3 Å². The number of hydrogen-bond donors (Lipinski definition) is 3. The molecule has 1 rings (SSSR count). The van der Waals surface area contributed by atoms with E-state index >= 15 is 0 Å². The van der Waals surface area contributed by atoms with Gasteiger partial charge in [-0.05, 0) is 19.4 Å². The lowest BCUT2D eigenvalue weighted by Gasteiger charge is -2.09. The summed E-state index contributed by atoms with van der Waals surface area (Å²) in [6.07, 6.45) is 6.09. The summed E-state index contributed by atoms with van der Waals surface area (Å²) in [7, 11) is 0. The summed E-state index contributed by atoms with van der Waals surface area (Å²) in [5, 5.41) is 2.88. The van der Waals surface area contributed by atoms with Crippen molar-refractivity contribution in [1.29, 1.82) is 0 Å². The zero-order chi connectivity index (χ0) is 13.4. The first-order valence-corrected chi connectivity index (χ1v) is 6.40. The van der Waals surface area contributed by atoms with Crippen molar-refractivity contribution in [3.05, 3.63) is 23.5 Å². The first-order chi connectivity index (χ1) is 8.69. The number of pyridine rings is 1. The lowest BCUT2D eigenvalue weighted by Crippen LogP contribution is -2.26. The van der Waals surface area contributed by atoms with Crippen molar-refractivity contribution in [3.8, 4) is 0 Å².